The van der Waals surface area contributed by atoms with Crippen molar-refractivity contribution in [3.63, 3.8) is 0 Å². The lowest BCUT2D eigenvalue weighted by atomic mass is 9.95. The second-order valence-electron chi connectivity index (χ2n) is 7.00. The predicted octanol–water partition coefficient (Wildman–Crippen LogP) is 1.81. The van der Waals surface area contributed by atoms with E-state index in [9.17, 15) is 5.11 Å². The smallest absolute Gasteiger partial charge is 0.241 e. The number of aryl methyl sites for hydroxylation is 1. The van der Waals surface area contributed by atoms with Gasteiger partial charge >= 0.3 is 0 Å². The van der Waals surface area contributed by atoms with Gasteiger partial charge in [-0.3, -0.25) is 4.68 Å². The third-order valence-corrected chi connectivity index (χ3v) is 5.26. The molecular weight excluding hydrogens is 306 g/mol. The Morgan fingerprint density at radius 3 is 3.00 bits per heavy atom. The average Bonchev–Trinajstić information content (AvgIpc) is 2.88. The molecule has 0 aromatic carbocycles. The summed E-state index contributed by atoms with van der Waals surface area (Å²) in [6.07, 6.45) is 10.7. The van der Waals surface area contributed by atoms with E-state index in [4.69, 9.17) is 9.72 Å². The fourth-order valence-corrected chi connectivity index (χ4v) is 3.89. The highest BCUT2D eigenvalue weighted by molar-refractivity contribution is 5.64. The molecule has 0 bridgehead atoms. The Balaban J connectivity index is 1.56. The Bertz CT molecular complexity index is 917. The van der Waals surface area contributed by atoms with Gasteiger partial charge < -0.3 is 9.84 Å². The summed E-state index contributed by atoms with van der Waals surface area (Å²) in [4.78, 5) is 4.73. The molecule has 2 aliphatic rings. The first-order valence-corrected chi connectivity index (χ1v) is 8.33. The predicted molar refractivity (Wildman–Crippen MR) is 86.5 cm³/mol. The van der Waals surface area contributed by atoms with Crippen LogP contribution < -0.4 is 4.74 Å². The maximum Gasteiger partial charge on any atom is 0.241 e. The van der Waals surface area contributed by atoms with Crippen LogP contribution in [0, 0.1) is 5.92 Å². The van der Waals surface area contributed by atoms with E-state index in [1.165, 1.54) is 0 Å². The van der Waals surface area contributed by atoms with Crippen molar-refractivity contribution in [2.45, 2.75) is 37.4 Å². The molecule has 2 fully saturated rings. The molecule has 3 unspecified atom stereocenters. The first kappa shape index (κ1) is 14.0. The van der Waals surface area contributed by atoms with Crippen LogP contribution in [0.4, 0.5) is 0 Å². The molecule has 0 spiro atoms. The van der Waals surface area contributed by atoms with E-state index in [1.807, 2.05) is 25.5 Å². The number of hydrogen-bond donors (Lipinski definition) is 1. The third kappa shape index (κ3) is 2.11. The molecule has 2 saturated carbocycles. The number of rotatable bonds is 3. The zero-order valence-electron chi connectivity index (χ0n) is 13.5. The molecule has 1 N–H and O–H groups in total. The van der Waals surface area contributed by atoms with Gasteiger partial charge in [0.25, 0.3) is 0 Å². The van der Waals surface area contributed by atoms with Crippen molar-refractivity contribution in [3.05, 3.63) is 30.9 Å². The largest absolute Gasteiger partial charge is 0.469 e. The highest BCUT2D eigenvalue weighted by atomic mass is 16.5. The lowest BCUT2D eigenvalue weighted by Crippen LogP contribution is -2.32. The molecule has 5 rings (SSSR count). The Hall–Kier alpha value is -2.41. The second kappa shape index (κ2) is 4.80. The number of fused-ring (bicyclic) bond motifs is 2. The molecule has 24 heavy (non-hydrogen) atoms. The van der Waals surface area contributed by atoms with E-state index < -0.39 is 0 Å². The van der Waals surface area contributed by atoms with Crippen LogP contribution in [0.15, 0.2) is 30.9 Å². The van der Waals surface area contributed by atoms with Crippen LogP contribution in [0.3, 0.4) is 0 Å². The molecule has 7 heteroatoms. The molecule has 0 radical (unpaired) electrons. The standard InChI is InChI=1S/C17H19N5O2/c1-21-9-11(8-19-21)14-10-22-15(4-5-18-22)16(20-14)24-17-6-12(17)2-3-13(23)7-17/h4-5,8-10,12-13,23H,2-3,6-7H2,1H3. The van der Waals surface area contributed by atoms with E-state index in [0.29, 0.717) is 18.2 Å². The fraction of sp³-hybridized carbons (Fsp3) is 0.471. The van der Waals surface area contributed by atoms with Gasteiger partial charge in [0.2, 0.25) is 5.88 Å². The van der Waals surface area contributed by atoms with Gasteiger partial charge in [-0.05, 0) is 25.3 Å². The highest BCUT2D eigenvalue weighted by Gasteiger charge is 2.60. The van der Waals surface area contributed by atoms with Crippen molar-refractivity contribution in [1.82, 2.24) is 24.4 Å². The molecular formula is C17H19N5O2. The summed E-state index contributed by atoms with van der Waals surface area (Å²) >= 11 is 0. The summed E-state index contributed by atoms with van der Waals surface area (Å²) in [6.45, 7) is 0. The zero-order chi connectivity index (χ0) is 16.3. The van der Waals surface area contributed by atoms with Crippen molar-refractivity contribution >= 4 is 5.52 Å². The minimum Gasteiger partial charge on any atom is -0.469 e. The van der Waals surface area contributed by atoms with Crippen LogP contribution in [0.5, 0.6) is 5.88 Å². The Kier molecular flexibility index (Phi) is 2.79. The van der Waals surface area contributed by atoms with Crippen molar-refractivity contribution in [1.29, 1.82) is 0 Å². The number of hydrogen-bond acceptors (Lipinski definition) is 5. The SMILES string of the molecule is Cn1cc(-c2cn3nccc3c(OC34CC(O)CCC3C4)n2)cn1. The lowest BCUT2D eigenvalue weighted by molar-refractivity contribution is 0.0382. The van der Waals surface area contributed by atoms with Crippen LogP contribution in [0.25, 0.3) is 16.8 Å². The summed E-state index contributed by atoms with van der Waals surface area (Å²) in [5.41, 5.74) is 2.30. The highest BCUT2D eigenvalue weighted by Crippen LogP contribution is 2.56. The van der Waals surface area contributed by atoms with E-state index in [0.717, 1.165) is 36.0 Å². The van der Waals surface area contributed by atoms with Crippen molar-refractivity contribution in [2.24, 2.45) is 13.0 Å². The van der Waals surface area contributed by atoms with Gasteiger partial charge in [-0.1, -0.05) is 0 Å². The van der Waals surface area contributed by atoms with Gasteiger partial charge in [-0.15, -0.1) is 0 Å². The topological polar surface area (TPSA) is 77.5 Å². The molecule has 124 valence electrons. The van der Waals surface area contributed by atoms with Gasteiger partial charge in [-0.2, -0.15) is 10.2 Å². The van der Waals surface area contributed by atoms with Crippen LogP contribution in [0.1, 0.15) is 25.7 Å². The molecule has 3 atom stereocenters. The van der Waals surface area contributed by atoms with Gasteiger partial charge in [-0.25, -0.2) is 9.50 Å². The minimum absolute atomic E-state index is 0.247. The first-order valence-electron chi connectivity index (χ1n) is 8.33. The molecule has 0 amide bonds. The van der Waals surface area contributed by atoms with E-state index >= 15 is 0 Å². The second-order valence-corrected chi connectivity index (χ2v) is 7.00. The van der Waals surface area contributed by atoms with Crippen molar-refractivity contribution in [2.75, 3.05) is 0 Å². The summed E-state index contributed by atoms with van der Waals surface area (Å²) in [6, 6.07) is 1.91. The van der Waals surface area contributed by atoms with Crippen LogP contribution >= 0.6 is 0 Å². The van der Waals surface area contributed by atoms with Gasteiger partial charge in [0.15, 0.2) is 0 Å². The Morgan fingerprint density at radius 2 is 2.17 bits per heavy atom. The van der Waals surface area contributed by atoms with Crippen LogP contribution in [-0.2, 0) is 7.05 Å². The molecule has 0 saturated heterocycles. The van der Waals surface area contributed by atoms with Gasteiger partial charge in [0.05, 0.1) is 30.4 Å². The molecule has 3 aromatic rings. The number of aromatic nitrogens is 5. The monoisotopic (exact) mass is 325 g/mol. The van der Waals surface area contributed by atoms with Crippen molar-refractivity contribution in [3.8, 4) is 17.1 Å². The number of ether oxygens (including phenoxy) is 1. The molecule has 3 aromatic heterocycles. The first-order chi connectivity index (χ1) is 11.6. The van der Waals surface area contributed by atoms with E-state index in [1.54, 1.807) is 21.6 Å². The molecule has 7 nitrogen and oxygen atoms in total. The maximum absolute atomic E-state index is 10.0. The van der Waals surface area contributed by atoms with Crippen molar-refractivity contribution < 1.29 is 9.84 Å². The lowest BCUT2D eigenvalue weighted by Gasteiger charge is -2.26. The van der Waals surface area contributed by atoms with Crippen LogP contribution in [0.2, 0.25) is 0 Å². The Morgan fingerprint density at radius 1 is 1.25 bits per heavy atom. The quantitative estimate of drug-likeness (QED) is 0.795. The fourth-order valence-electron chi connectivity index (χ4n) is 3.89. The Labute approximate surface area is 138 Å². The summed E-state index contributed by atoms with van der Waals surface area (Å²) < 4.78 is 9.91. The van der Waals surface area contributed by atoms with Gasteiger partial charge in [0.1, 0.15) is 11.1 Å². The summed E-state index contributed by atoms with van der Waals surface area (Å²) in [7, 11) is 1.88. The third-order valence-electron chi connectivity index (χ3n) is 5.26. The number of aliphatic hydroxyl groups is 1. The molecule has 2 aliphatic carbocycles. The number of aliphatic hydroxyl groups excluding tert-OH is 1. The zero-order valence-corrected chi connectivity index (χ0v) is 13.5. The average molecular weight is 325 g/mol. The normalized spacial score (nSPS) is 28.8. The van der Waals surface area contributed by atoms with Crippen LogP contribution in [-0.4, -0.2) is 41.2 Å². The molecule has 0 aliphatic heterocycles. The number of nitrogens with zero attached hydrogens (tertiary/aromatic N) is 5. The van der Waals surface area contributed by atoms with E-state index in [-0.39, 0.29) is 11.7 Å². The summed E-state index contributed by atoms with van der Waals surface area (Å²) in [5, 5.41) is 18.6. The molecule has 3 heterocycles. The van der Waals surface area contributed by atoms with E-state index in [2.05, 4.69) is 10.2 Å². The van der Waals surface area contributed by atoms with Gasteiger partial charge in [0, 0.05) is 31.1 Å². The summed E-state index contributed by atoms with van der Waals surface area (Å²) in [5.74, 6) is 1.12. The minimum atomic E-state index is -0.272. The maximum atomic E-state index is 10.0.